The number of amides is 1. The molecular weight excluding hydrogens is 386 g/mol. The van der Waals surface area contributed by atoms with Crippen molar-refractivity contribution < 1.29 is 14.3 Å². The summed E-state index contributed by atoms with van der Waals surface area (Å²) in [5, 5.41) is 9.09. The van der Waals surface area contributed by atoms with E-state index in [0.717, 1.165) is 23.1 Å². The van der Waals surface area contributed by atoms with Crippen LogP contribution in [0.5, 0.6) is 11.5 Å². The lowest BCUT2D eigenvalue weighted by Gasteiger charge is -2.17. The fraction of sp³-hybridized carbons (Fsp3) is 0.318. The minimum atomic E-state index is -0.122. The number of carbonyl (C=O) groups excluding carboxylic acids is 1. The number of ether oxygens (including phenoxy) is 2. The second kappa shape index (κ2) is 9.60. The minimum Gasteiger partial charge on any atom is -0.497 e. The maximum Gasteiger partial charge on any atom is 0.242 e. The van der Waals surface area contributed by atoms with Gasteiger partial charge >= 0.3 is 0 Å². The predicted octanol–water partition coefficient (Wildman–Crippen LogP) is 4.26. The molecule has 0 bridgehead atoms. The zero-order valence-electron chi connectivity index (χ0n) is 17.1. The molecule has 1 atom stereocenters. The quantitative estimate of drug-likeness (QED) is 0.505. The van der Waals surface area contributed by atoms with Gasteiger partial charge in [-0.1, -0.05) is 43.0 Å². The molecule has 152 valence electrons. The van der Waals surface area contributed by atoms with Crippen molar-refractivity contribution in [3.63, 3.8) is 0 Å². The van der Waals surface area contributed by atoms with E-state index in [-0.39, 0.29) is 11.2 Å². The molecule has 1 aliphatic heterocycles. The molecule has 0 aliphatic carbocycles. The van der Waals surface area contributed by atoms with Crippen LogP contribution in [0.4, 0.5) is 0 Å². The van der Waals surface area contributed by atoms with E-state index < -0.39 is 0 Å². The van der Waals surface area contributed by atoms with Crippen molar-refractivity contribution in [2.45, 2.75) is 32.1 Å². The Morgan fingerprint density at radius 1 is 1.17 bits per heavy atom. The summed E-state index contributed by atoms with van der Waals surface area (Å²) in [6.07, 6.45) is 2.38. The molecule has 1 heterocycles. The minimum absolute atomic E-state index is 0.0803. The van der Waals surface area contributed by atoms with Crippen LogP contribution in [0.3, 0.4) is 0 Å². The largest absolute Gasteiger partial charge is 0.497 e. The first kappa shape index (κ1) is 20.9. The van der Waals surface area contributed by atoms with Crippen LogP contribution >= 0.6 is 11.8 Å². The van der Waals surface area contributed by atoms with Gasteiger partial charge in [-0.15, -0.1) is 5.10 Å². The highest BCUT2D eigenvalue weighted by Crippen LogP contribution is 2.31. The number of hydrogen-bond acceptors (Lipinski definition) is 6. The van der Waals surface area contributed by atoms with Crippen LogP contribution in [0.15, 0.2) is 52.7 Å². The Morgan fingerprint density at radius 3 is 2.66 bits per heavy atom. The third kappa shape index (κ3) is 4.79. The summed E-state index contributed by atoms with van der Waals surface area (Å²) in [7, 11) is 3.20. The van der Waals surface area contributed by atoms with Gasteiger partial charge in [0, 0.05) is 11.6 Å². The Labute approximate surface area is 175 Å². The average molecular weight is 412 g/mol. The van der Waals surface area contributed by atoms with E-state index in [1.807, 2.05) is 50.2 Å². The van der Waals surface area contributed by atoms with Crippen molar-refractivity contribution in [1.29, 1.82) is 0 Å². The molecule has 6 nitrogen and oxygen atoms in total. The normalized spacial score (nSPS) is 18.1. The average Bonchev–Trinajstić information content (AvgIpc) is 3.04. The lowest BCUT2D eigenvalue weighted by Crippen LogP contribution is -2.31. The maximum absolute atomic E-state index is 12.8. The topological polar surface area (TPSA) is 63.5 Å². The van der Waals surface area contributed by atoms with E-state index in [1.165, 1.54) is 11.8 Å². The Morgan fingerprint density at radius 2 is 1.97 bits per heavy atom. The second-order valence-corrected chi connectivity index (χ2v) is 7.77. The van der Waals surface area contributed by atoms with Gasteiger partial charge in [0.15, 0.2) is 5.17 Å². The molecule has 0 unspecified atom stereocenters. The van der Waals surface area contributed by atoms with E-state index in [9.17, 15) is 4.79 Å². The summed E-state index contributed by atoms with van der Waals surface area (Å²) >= 11 is 1.46. The number of carbonyl (C=O) groups is 1. The van der Waals surface area contributed by atoms with Gasteiger partial charge in [-0.2, -0.15) is 5.10 Å². The number of aryl methyl sites for hydroxylation is 1. The summed E-state index contributed by atoms with van der Waals surface area (Å²) < 4.78 is 10.6. The lowest BCUT2D eigenvalue weighted by molar-refractivity contribution is -0.126. The van der Waals surface area contributed by atoms with Crippen LogP contribution in [0.1, 0.15) is 30.0 Å². The molecule has 1 fully saturated rings. The monoisotopic (exact) mass is 411 g/mol. The fourth-order valence-corrected chi connectivity index (χ4v) is 4.04. The lowest BCUT2D eigenvalue weighted by atomic mass is 10.1. The summed E-state index contributed by atoms with van der Waals surface area (Å²) in [6, 6.07) is 13.5. The van der Waals surface area contributed by atoms with Gasteiger partial charge in [-0.05, 0) is 36.6 Å². The number of benzene rings is 2. The molecule has 2 aromatic rings. The molecule has 1 amide bonds. The zero-order chi connectivity index (χ0) is 20.8. The third-order valence-corrected chi connectivity index (χ3v) is 6.09. The van der Waals surface area contributed by atoms with Crippen molar-refractivity contribution in [3.8, 4) is 11.5 Å². The SMILES string of the molecule is CC[C@H]1S/C(=N/N=C\c2ccc(OC)cc2OC)N(Cc2ccccc2C)C1=O. The molecule has 0 radical (unpaired) electrons. The van der Waals surface area contributed by atoms with E-state index in [1.54, 1.807) is 31.4 Å². The van der Waals surface area contributed by atoms with Crippen LogP contribution in [0.25, 0.3) is 0 Å². The molecular formula is C22H25N3O3S. The predicted molar refractivity (Wildman–Crippen MR) is 118 cm³/mol. The number of thioether (sulfide) groups is 1. The van der Waals surface area contributed by atoms with Crippen LogP contribution < -0.4 is 9.47 Å². The van der Waals surface area contributed by atoms with Crippen molar-refractivity contribution in [3.05, 3.63) is 59.2 Å². The van der Waals surface area contributed by atoms with Gasteiger partial charge in [0.05, 0.1) is 32.2 Å². The van der Waals surface area contributed by atoms with Crippen molar-refractivity contribution in [2.75, 3.05) is 14.2 Å². The Kier molecular flexibility index (Phi) is 6.93. The highest BCUT2D eigenvalue weighted by atomic mass is 32.2. The Balaban J connectivity index is 1.84. The number of methoxy groups -OCH3 is 2. The number of nitrogens with zero attached hydrogens (tertiary/aromatic N) is 3. The third-order valence-electron chi connectivity index (χ3n) is 4.76. The molecule has 0 N–H and O–H groups in total. The molecule has 0 spiro atoms. The molecule has 3 rings (SSSR count). The van der Waals surface area contributed by atoms with Gasteiger partial charge in [0.2, 0.25) is 5.91 Å². The van der Waals surface area contributed by atoms with Crippen molar-refractivity contribution in [1.82, 2.24) is 4.90 Å². The van der Waals surface area contributed by atoms with E-state index >= 15 is 0 Å². The second-order valence-electron chi connectivity index (χ2n) is 6.60. The zero-order valence-corrected chi connectivity index (χ0v) is 17.9. The summed E-state index contributed by atoms with van der Waals surface area (Å²) in [6.45, 7) is 4.55. The summed E-state index contributed by atoms with van der Waals surface area (Å²) in [5.74, 6) is 1.43. The first-order valence-electron chi connectivity index (χ1n) is 9.43. The van der Waals surface area contributed by atoms with Gasteiger partial charge in [0.25, 0.3) is 0 Å². The summed E-state index contributed by atoms with van der Waals surface area (Å²) in [4.78, 5) is 14.5. The summed E-state index contributed by atoms with van der Waals surface area (Å²) in [5.41, 5.74) is 3.03. The Hall–Kier alpha value is -2.80. The molecule has 1 aliphatic rings. The first-order chi connectivity index (χ1) is 14.1. The number of rotatable bonds is 7. The van der Waals surface area contributed by atoms with Crippen LogP contribution in [0.2, 0.25) is 0 Å². The molecule has 29 heavy (non-hydrogen) atoms. The maximum atomic E-state index is 12.8. The smallest absolute Gasteiger partial charge is 0.242 e. The molecule has 2 aromatic carbocycles. The van der Waals surface area contributed by atoms with E-state index in [4.69, 9.17) is 9.47 Å². The molecule has 0 saturated carbocycles. The number of amidine groups is 1. The van der Waals surface area contributed by atoms with E-state index in [2.05, 4.69) is 10.2 Å². The molecule has 0 aromatic heterocycles. The van der Waals surface area contributed by atoms with Crippen LogP contribution in [-0.4, -0.2) is 41.7 Å². The van der Waals surface area contributed by atoms with Gasteiger partial charge < -0.3 is 9.47 Å². The Bertz CT molecular complexity index is 943. The van der Waals surface area contributed by atoms with Crippen LogP contribution in [0, 0.1) is 6.92 Å². The standard InChI is InChI=1S/C22H25N3O3S/c1-5-20-21(26)25(14-17-9-7-6-8-15(17)2)22(29-20)24-23-13-16-10-11-18(27-3)12-19(16)28-4/h6-13,20H,5,14H2,1-4H3/b23-13-,24-22+/t20-/m1/s1. The molecule has 1 saturated heterocycles. The fourth-order valence-electron chi connectivity index (χ4n) is 3.01. The van der Waals surface area contributed by atoms with Gasteiger partial charge in [-0.25, -0.2) is 0 Å². The molecule has 7 heteroatoms. The van der Waals surface area contributed by atoms with E-state index in [0.29, 0.717) is 23.2 Å². The van der Waals surface area contributed by atoms with Crippen molar-refractivity contribution >= 4 is 29.1 Å². The number of hydrogen-bond donors (Lipinski definition) is 0. The van der Waals surface area contributed by atoms with Gasteiger partial charge in [-0.3, -0.25) is 9.69 Å². The highest BCUT2D eigenvalue weighted by Gasteiger charge is 2.37. The first-order valence-corrected chi connectivity index (χ1v) is 10.3. The van der Waals surface area contributed by atoms with Crippen LogP contribution in [-0.2, 0) is 11.3 Å². The van der Waals surface area contributed by atoms with Crippen molar-refractivity contribution in [2.24, 2.45) is 10.2 Å². The highest BCUT2D eigenvalue weighted by molar-refractivity contribution is 8.15. The van der Waals surface area contributed by atoms with Gasteiger partial charge in [0.1, 0.15) is 11.5 Å².